The highest BCUT2D eigenvalue weighted by Gasteiger charge is 2.20. The Kier molecular flexibility index (Phi) is 4.84. The number of piperidine rings is 1. The average molecular weight is 318 g/mol. The van der Waals surface area contributed by atoms with Crippen LogP contribution < -0.4 is 0 Å². The van der Waals surface area contributed by atoms with Gasteiger partial charge in [0.25, 0.3) is 0 Å². The molecule has 2 heterocycles. The lowest BCUT2D eigenvalue weighted by Gasteiger charge is -2.32. The fourth-order valence-electron chi connectivity index (χ4n) is 3.32. The van der Waals surface area contributed by atoms with E-state index >= 15 is 0 Å². The molecule has 22 heavy (non-hydrogen) atoms. The van der Waals surface area contributed by atoms with Crippen LogP contribution in [0.15, 0.2) is 30.3 Å². The number of aromatic nitrogens is 2. The Morgan fingerprint density at radius 2 is 1.95 bits per heavy atom. The van der Waals surface area contributed by atoms with Crippen LogP contribution in [0.2, 0.25) is 5.02 Å². The first-order chi connectivity index (χ1) is 10.6. The van der Waals surface area contributed by atoms with Crippen LogP contribution in [0.25, 0.3) is 0 Å². The molecule has 0 atom stereocenters. The normalized spacial score (nSPS) is 17.0. The van der Waals surface area contributed by atoms with E-state index in [0.717, 1.165) is 42.8 Å². The van der Waals surface area contributed by atoms with Gasteiger partial charge in [-0.25, -0.2) is 0 Å². The van der Waals surface area contributed by atoms with Crippen molar-refractivity contribution in [2.75, 3.05) is 13.1 Å². The standard InChI is InChI=1S/C18H24ClN3/c1-14-10-15(2)22(20-14)13-16-6-8-21(9-7-16)12-17-4-3-5-18(19)11-17/h3-5,10-11,16H,6-9,12-13H2,1-2H3. The summed E-state index contributed by atoms with van der Waals surface area (Å²) in [6, 6.07) is 10.4. The lowest BCUT2D eigenvalue weighted by Crippen LogP contribution is -2.34. The maximum atomic E-state index is 6.06. The molecule has 0 aliphatic carbocycles. The van der Waals surface area contributed by atoms with Gasteiger partial charge < -0.3 is 0 Å². The molecule has 0 N–H and O–H groups in total. The summed E-state index contributed by atoms with van der Waals surface area (Å²) in [5, 5.41) is 5.42. The zero-order chi connectivity index (χ0) is 15.5. The third kappa shape index (κ3) is 3.90. The lowest BCUT2D eigenvalue weighted by molar-refractivity contribution is 0.164. The highest BCUT2D eigenvalue weighted by atomic mass is 35.5. The molecule has 1 aliphatic rings. The van der Waals surface area contributed by atoms with Crippen LogP contribution in [0.4, 0.5) is 0 Å². The van der Waals surface area contributed by atoms with Gasteiger partial charge in [0.15, 0.2) is 0 Å². The molecule has 0 spiro atoms. The Hall–Kier alpha value is -1.32. The summed E-state index contributed by atoms with van der Waals surface area (Å²) >= 11 is 6.06. The van der Waals surface area contributed by atoms with Crippen molar-refractivity contribution < 1.29 is 0 Å². The van der Waals surface area contributed by atoms with E-state index < -0.39 is 0 Å². The lowest BCUT2D eigenvalue weighted by atomic mass is 9.96. The Balaban J connectivity index is 1.51. The number of likely N-dealkylation sites (tertiary alicyclic amines) is 1. The molecule has 1 fully saturated rings. The highest BCUT2D eigenvalue weighted by Crippen LogP contribution is 2.22. The molecule has 1 aliphatic heterocycles. The Morgan fingerprint density at radius 1 is 1.18 bits per heavy atom. The number of benzene rings is 1. The fourth-order valence-corrected chi connectivity index (χ4v) is 3.54. The zero-order valence-electron chi connectivity index (χ0n) is 13.4. The van der Waals surface area contributed by atoms with Crippen LogP contribution in [-0.2, 0) is 13.1 Å². The topological polar surface area (TPSA) is 21.1 Å². The van der Waals surface area contributed by atoms with Crippen LogP contribution in [-0.4, -0.2) is 27.8 Å². The van der Waals surface area contributed by atoms with E-state index in [0.29, 0.717) is 0 Å². The minimum atomic E-state index is 0.744. The van der Waals surface area contributed by atoms with Crippen LogP contribution in [0.5, 0.6) is 0 Å². The maximum Gasteiger partial charge on any atom is 0.0596 e. The second-order valence-electron chi connectivity index (χ2n) is 6.46. The van der Waals surface area contributed by atoms with Crippen molar-refractivity contribution in [2.45, 2.75) is 39.8 Å². The van der Waals surface area contributed by atoms with Crippen LogP contribution in [0, 0.1) is 19.8 Å². The molecule has 0 bridgehead atoms. The van der Waals surface area contributed by atoms with Crippen LogP contribution in [0.3, 0.4) is 0 Å². The van der Waals surface area contributed by atoms with Crippen molar-refractivity contribution in [1.82, 2.24) is 14.7 Å². The largest absolute Gasteiger partial charge is 0.299 e. The molecule has 3 nitrogen and oxygen atoms in total. The monoisotopic (exact) mass is 317 g/mol. The molecule has 0 amide bonds. The summed E-state index contributed by atoms with van der Waals surface area (Å²) in [5.74, 6) is 0.744. The van der Waals surface area contributed by atoms with Crippen molar-refractivity contribution in [2.24, 2.45) is 5.92 Å². The number of rotatable bonds is 4. The van der Waals surface area contributed by atoms with E-state index in [1.54, 1.807) is 0 Å². The van der Waals surface area contributed by atoms with E-state index in [9.17, 15) is 0 Å². The first-order valence-corrected chi connectivity index (χ1v) is 8.46. The second kappa shape index (κ2) is 6.84. The average Bonchev–Trinajstić information content (AvgIpc) is 2.79. The van der Waals surface area contributed by atoms with Gasteiger partial charge in [-0.3, -0.25) is 9.58 Å². The smallest absolute Gasteiger partial charge is 0.0596 e. The second-order valence-corrected chi connectivity index (χ2v) is 6.90. The first kappa shape index (κ1) is 15.6. The predicted octanol–water partition coefficient (Wildman–Crippen LogP) is 4.07. The quantitative estimate of drug-likeness (QED) is 0.847. The zero-order valence-corrected chi connectivity index (χ0v) is 14.2. The SMILES string of the molecule is Cc1cc(C)n(CC2CCN(Cc3cccc(Cl)c3)CC2)n1. The van der Waals surface area contributed by atoms with Gasteiger partial charge in [-0.2, -0.15) is 5.10 Å². The molecule has 3 rings (SSSR count). The Labute approximate surface area is 137 Å². The Bertz CT molecular complexity index is 627. The summed E-state index contributed by atoms with van der Waals surface area (Å²) in [5.41, 5.74) is 3.71. The molecule has 1 saturated heterocycles. The minimum Gasteiger partial charge on any atom is -0.299 e. The Morgan fingerprint density at radius 3 is 2.59 bits per heavy atom. The molecule has 0 unspecified atom stereocenters. The van der Waals surface area contributed by atoms with Gasteiger partial charge in [0.2, 0.25) is 0 Å². The summed E-state index contributed by atoms with van der Waals surface area (Å²) in [4.78, 5) is 2.53. The van der Waals surface area contributed by atoms with Gasteiger partial charge in [0.05, 0.1) is 5.69 Å². The van der Waals surface area contributed by atoms with E-state index in [-0.39, 0.29) is 0 Å². The molecule has 0 saturated carbocycles. The van der Waals surface area contributed by atoms with Crippen molar-refractivity contribution in [3.63, 3.8) is 0 Å². The number of hydrogen-bond donors (Lipinski definition) is 0. The summed E-state index contributed by atoms with van der Waals surface area (Å²) in [6.07, 6.45) is 2.50. The number of halogens is 1. The molecule has 118 valence electrons. The van der Waals surface area contributed by atoms with E-state index in [1.807, 2.05) is 12.1 Å². The van der Waals surface area contributed by atoms with Gasteiger partial charge in [0, 0.05) is 23.8 Å². The van der Waals surface area contributed by atoms with Gasteiger partial charge in [-0.1, -0.05) is 23.7 Å². The van der Waals surface area contributed by atoms with Gasteiger partial charge in [0.1, 0.15) is 0 Å². The van der Waals surface area contributed by atoms with E-state index in [4.69, 9.17) is 11.6 Å². The van der Waals surface area contributed by atoms with Crippen molar-refractivity contribution in [1.29, 1.82) is 0 Å². The molecule has 4 heteroatoms. The van der Waals surface area contributed by atoms with Gasteiger partial charge in [-0.05, 0) is 69.5 Å². The molecular weight excluding hydrogens is 294 g/mol. The number of nitrogens with zero attached hydrogens (tertiary/aromatic N) is 3. The fraction of sp³-hybridized carbons (Fsp3) is 0.500. The minimum absolute atomic E-state index is 0.744. The maximum absolute atomic E-state index is 6.06. The molecule has 1 aromatic heterocycles. The molecule has 2 aromatic rings. The predicted molar refractivity (Wildman–Crippen MR) is 91.2 cm³/mol. The van der Waals surface area contributed by atoms with Crippen LogP contribution in [0.1, 0.15) is 29.8 Å². The van der Waals surface area contributed by atoms with E-state index in [1.165, 1.54) is 24.1 Å². The molecule has 0 radical (unpaired) electrons. The summed E-state index contributed by atoms with van der Waals surface area (Å²) < 4.78 is 2.17. The molecule has 1 aromatic carbocycles. The van der Waals surface area contributed by atoms with E-state index in [2.05, 4.69) is 46.7 Å². The van der Waals surface area contributed by atoms with Gasteiger partial charge >= 0.3 is 0 Å². The summed E-state index contributed by atoms with van der Waals surface area (Å²) in [7, 11) is 0. The summed E-state index contributed by atoms with van der Waals surface area (Å²) in [6.45, 7) is 8.61. The van der Waals surface area contributed by atoms with Crippen LogP contribution >= 0.6 is 11.6 Å². The number of aryl methyl sites for hydroxylation is 2. The third-order valence-electron chi connectivity index (χ3n) is 4.54. The van der Waals surface area contributed by atoms with Crippen molar-refractivity contribution in [3.8, 4) is 0 Å². The third-order valence-corrected chi connectivity index (χ3v) is 4.77. The van der Waals surface area contributed by atoms with Crippen molar-refractivity contribution in [3.05, 3.63) is 52.3 Å². The number of hydrogen-bond acceptors (Lipinski definition) is 2. The highest BCUT2D eigenvalue weighted by molar-refractivity contribution is 6.30. The first-order valence-electron chi connectivity index (χ1n) is 8.08. The molecular formula is C18H24ClN3. The van der Waals surface area contributed by atoms with Crippen molar-refractivity contribution >= 4 is 11.6 Å². The van der Waals surface area contributed by atoms with Gasteiger partial charge in [-0.15, -0.1) is 0 Å².